The zero-order valence-electron chi connectivity index (χ0n) is 9.98. The number of methoxy groups -OCH3 is 1. The number of carbonyl (C=O) groups is 1. The molecule has 100 valence electrons. The fourth-order valence-electron chi connectivity index (χ4n) is 1.17. The molecule has 1 heterocycles. The molecule has 0 fully saturated rings. The predicted octanol–water partition coefficient (Wildman–Crippen LogP) is 0.377. The van der Waals surface area contributed by atoms with Gasteiger partial charge < -0.3 is 15.0 Å². The van der Waals surface area contributed by atoms with Crippen LogP contribution < -0.4 is 10.2 Å². The van der Waals surface area contributed by atoms with Crippen molar-refractivity contribution in [3.63, 3.8) is 0 Å². The Bertz CT molecular complexity index is 418. The van der Waals surface area contributed by atoms with Gasteiger partial charge >= 0.3 is 0 Å². The molecule has 0 radical (unpaired) electrons. The summed E-state index contributed by atoms with van der Waals surface area (Å²) in [6, 6.07) is 0. The summed E-state index contributed by atoms with van der Waals surface area (Å²) in [7, 11) is 3.22. The third-order valence-corrected chi connectivity index (χ3v) is 2.38. The second kappa shape index (κ2) is 7.30. The molecule has 1 aromatic rings. The lowest BCUT2D eigenvalue weighted by Crippen LogP contribution is -2.37. The maximum absolute atomic E-state index is 11.5. The summed E-state index contributed by atoms with van der Waals surface area (Å²) in [6.07, 6.45) is 0. The van der Waals surface area contributed by atoms with Crippen molar-refractivity contribution in [1.82, 2.24) is 20.5 Å². The maximum Gasteiger partial charge on any atom is 0.245 e. The zero-order valence-corrected chi connectivity index (χ0v) is 11.5. The van der Waals surface area contributed by atoms with Crippen LogP contribution in [0.15, 0.2) is 0 Å². The lowest BCUT2D eigenvalue weighted by atomic mass is 10.5. The van der Waals surface area contributed by atoms with Gasteiger partial charge in [0.1, 0.15) is 0 Å². The number of anilines is 1. The molecule has 0 aliphatic heterocycles. The number of hydrogen-bond acceptors (Lipinski definition) is 6. The highest BCUT2D eigenvalue weighted by Gasteiger charge is 2.14. The summed E-state index contributed by atoms with van der Waals surface area (Å²) < 4.78 is 4.82. The first-order chi connectivity index (χ1) is 8.54. The van der Waals surface area contributed by atoms with Crippen molar-refractivity contribution in [3.8, 4) is 0 Å². The molecular weight excluding hydrogens is 281 g/mol. The molecule has 1 N–H and O–H groups in total. The molecule has 18 heavy (non-hydrogen) atoms. The maximum atomic E-state index is 11.5. The van der Waals surface area contributed by atoms with Crippen molar-refractivity contribution in [1.29, 1.82) is 0 Å². The average molecular weight is 294 g/mol. The topological polar surface area (TPSA) is 80.2 Å². The lowest BCUT2D eigenvalue weighted by Gasteiger charge is -2.17. The number of aromatic nitrogens is 3. The Labute approximate surface area is 114 Å². The lowest BCUT2D eigenvalue weighted by molar-refractivity contribution is -0.119. The van der Waals surface area contributed by atoms with Gasteiger partial charge in [0.25, 0.3) is 0 Å². The largest absolute Gasteiger partial charge is 0.383 e. The third-order valence-electron chi connectivity index (χ3n) is 1.97. The first kappa shape index (κ1) is 14.9. The molecule has 9 heteroatoms. The highest BCUT2D eigenvalue weighted by atomic mass is 35.5. The van der Waals surface area contributed by atoms with Crippen molar-refractivity contribution in [2.75, 3.05) is 38.8 Å². The van der Waals surface area contributed by atoms with Gasteiger partial charge in [-0.15, -0.1) is 10.2 Å². The Hall–Kier alpha value is -1.18. The zero-order chi connectivity index (χ0) is 13.5. The van der Waals surface area contributed by atoms with Crippen molar-refractivity contribution in [3.05, 3.63) is 10.4 Å². The summed E-state index contributed by atoms with van der Waals surface area (Å²) in [5, 5.41) is 9.84. The fourth-order valence-corrected chi connectivity index (χ4v) is 1.51. The molecule has 0 saturated carbocycles. The fraction of sp³-hybridized carbons (Fsp3) is 0.556. The minimum atomic E-state index is -0.180. The minimum absolute atomic E-state index is 0.0268. The molecule has 1 rings (SSSR count). The summed E-state index contributed by atoms with van der Waals surface area (Å²) in [6.45, 7) is 0.981. The van der Waals surface area contributed by atoms with E-state index >= 15 is 0 Å². The molecule has 0 unspecified atom stereocenters. The van der Waals surface area contributed by atoms with Crippen LogP contribution in [-0.2, 0) is 9.53 Å². The number of nitrogens with zero attached hydrogens (tertiary/aromatic N) is 4. The van der Waals surface area contributed by atoms with E-state index in [4.69, 9.17) is 27.9 Å². The van der Waals surface area contributed by atoms with Crippen molar-refractivity contribution < 1.29 is 9.53 Å². The molecule has 0 spiro atoms. The predicted molar refractivity (Wildman–Crippen MR) is 68.0 cm³/mol. The van der Waals surface area contributed by atoms with E-state index in [1.807, 2.05) is 0 Å². The quantitative estimate of drug-likeness (QED) is 0.764. The van der Waals surface area contributed by atoms with Gasteiger partial charge in [-0.05, 0) is 11.6 Å². The molecule has 0 aliphatic rings. The molecule has 1 amide bonds. The molecule has 0 bridgehead atoms. The monoisotopic (exact) mass is 293 g/mol. The molecule has 0 aromatic carbocycles. The van der Waals surface area contributed by atoms with Crippen LogP contribution in [0, 0.1) is 0 Å². The number of halogens is 2. The van der Waals surface area contributed by atoms with E-state index in [1.165, 1.54) is 4.90 Å². The summed E-state index contributed by atoms with van der Waals surface area (Å²) in [5.74, 6) is 0.124. The minimum Gasteiger partial charge on any atom is -0.383 e. The van der Waals surface area contributed by atoms with Crippen molar-refractivity contribution in [2.45, 2.75) is 0 Å². The van der Waals surface area contributed by atoms with E-state index in [0.29, 0.717) is 19.0 Å². The van der Waals surface area contributed by atoms with Crippen LogP contribution in [0.3, 0.4) is 0 Å². The van der Waals surface area contributed by atoms with E-state index in [0.717, 1.165) is 0 Å². The summed E-state index contributed by atoms with van der Waals surface area (Å²) in [5.41, 5.74) is 0. The van der Waals surface area contributed by atoms with Gasteiger partial charge in [0.05, 0.1) is 13.2 Å². The van der Waals surface area contributed by atoms with E-state index < -0.39 is 0 Å². The van der Waals surface area contributed by atoms with Gasteiger partial charge in [-0.3, -0.25) is 4.79 Å². The smallest absolute Gasteiger partial charge is 0.245 e. The number of hydrogen-bond donors (Lipinski definition) is 1. The normalized spacial score (nSPS) is 10.2. The SMILES string of the molecule is COCCNC(=O)CN(C)c1nc(Cl)nnc1Cl. The van der Waals surface area contributed by atoms with Gasteiger partial charge in [0.15, 0.2) is 11.0 Å². The first-order valence-corrected chi connectivity index (χ1v) is 5.82. The number of nitrogens with one attached hydrogen (secondary N) is 1. The van der Waals surface area contributed by atoms with Crippen LogP contribution in [0.5, 0.6) is 0 Å². The van der Waals surface area contributed by atoms with Crippen molar-refractivity contribution in [2.24, 2.45) is 0 Å². The van der Waals surface area contributed by atoms with Gasteiger partial charge in [0.2, 0.25) is 11.2 Å². The van der Waals surface area contributed by atoms with Crippen LogP contribution in [0.2, 0.25) is 10.4 Å². The van der Waals surface area contributed by atoms with E-state index in [-0.39, 0.29) is 22.9 Å². The molecular formula is C9H13Cl2N5O2. The van der Waals surface area contributed by atoms with Crippen LogP contribution in [0.1, 0.15) is 0 Å². The van der Waals surface area contributed by atoms with Crippen molar-refractivity contribution >= 4 is 34.9 Å². The summed E-state index contributed by atoms with van der Waals surface area (Å²) in [4.78, 5) is 17.0. The highest BCUT2D eigenvalue weighted by molar-refractivity contribution is 6.32. The van der Waals surface area contributed by atoms with Crippen LogP contribution >= 0.6 is 23.2 Å². The second-order valence-electron chi connectivity index (χ2n) is 3.39. The average Bonchev–Trinajstić information content (AvgIpc) is 2.32. The molecule has 1 aromatic heterocycles. The Morgan fingerprint density at radius 1 is 1.44 bits per heavy atom. The standard InChI is InChI=1S/C9H13Cl2N5O2/c1-16(5-6(17)12-3-4-18-2)8-7(10)14-15-9(11)13-8/h3-5H2,1-2H3,(H,12,17). The highest BCUT2D eigenvalue weighted by Crippen LogP contribution is 2.19. The van der Waals surface area contributed by atoms with E-state index in [9.17, 15) is 4.79 Å². The number of carbonyl (C=O) groups excluding carboxylic acids is 1. The third kappa shape index (κ3) is 4.59. The van der Waals surface area contributed by atoms with Crippen LogP contribution in [-0.4, -0.2) is 54.9 Å². The van der Waals surface area contributed by atoms with Gasteiger partial charge in [0, 0.05) is 20.7 Å². The van der Waals surface area contributed by atoms with E-state index in [1.54, 1.807) is 14.2 Å². The van der Waals surface area contributed by atoms with Gasteiger partial charge in [-0.1, -0.05) is 11.6 Å². The summed E-state index contributed by atoms with van der Waals surface area (Å²) >= 11 is 11.4. The number of amides is 1. The Morgan fingerprint density at radius 3 is 2.83 bits per heavy atom. The molecule has 0 aliphatic carbocycles. The van der Waals surface area contributed by atoms with Gasteiger partial charge in [-0.25, -0.2) is 0 Å². The number of ether oxygens (including phenoxy) is 1. The Morgan fingerprint density at radius 2 is 2.17 bits per heavy atom. The van der Waals surface area contributed by atoms with Crippen LogP contribution in [0.25, 0.3) is 0 Å². The number of rotatable bonds is 6. The van der Waals surface area contributed by atoms with Crippen LogP contribution in [0.4, 0.5) is 5.82 Å². The second-order valence-corrected chi connectivity index (χ2v) is 4.09. The molecule has 0 atom stereocenters. The number of likely N-dealkylation sites (N-methyl/N-ethyl adjacent to an activating group) is 1. The Balaban J connectivity index is 2.56. The molecule has 7 nitrogen and oxygen atoms in total. The van der Waals surface area contributed by atoms with Gasteiger partial charge in [-0.2, -0.15) is 4.98 Å². The molecule has 0 saturated heterocycles. The van der Waals surface area contributed by atoms with E-state index in [2.05, 4.69) is 20.5 Å². The first-order valence-electron chi connectivity index (χ1n) is 5.07. The Kier molecular flexibility index (Phi) is 6.03.